The predicted octanol–water partition coefficient (Wildman–Crippen LogP) is 4.42. The number of piperazine rings is 1. The lowest BCUT2D eigenvalue weighted by Crippen LogP contribution is -2.48. The molecule has 2 aliphatic rings. The van der Waals surface area contributed by atoms with Gasteiger partial charge in [-0.15, -0.1) is 0 Å². The Kier molecular flexibility index (Phi) is 5.68. The Morgan fingerprint density at radius 2 is 1.71 bits per heavy atom. The second-order valence-electron chi connectivity index (χ2n) is 8.87. The van der Waals surface area contributed by atoms with Crippen LogP contribution >= 0.6 is 0 Å². The number of H-pyrrole nitrogens is 1. The molecule has 35 heavy (non-hydrogen) atoms. The number of nitrogens with one attached hydrogen (secondary N) is 1. The molecule has 1 fully saturated rings. The van der Waals surface area contributed by atoms with Crippen LogP contribution in [0.1, 0.15) is 27.2 Å². The van der Waals surface area contributed by atoms with Crippen molar-refractivity contribution in [2.75, 3.05) is 33.0 Å². The van der Waals surface area contributed by atoms with Crippen LogP contribution in [-0.2, 0) is 6.54 Å². The number of para-hydroxylation sites is 1. The van der Waals surface area contributed by atoms with Crippen molar-refractivity contribution in [2.24, 2.45) is 0 Å². The summed E-state index contributed by atoms with van der Waals surface area (Å²) in [5.41, 5.74) is 4.86. The summed E-state index contributed by atoms with van der Waals surface area (Å²) in [4.78, 5) is 17.4. The Hall–Kier alpha value is -4.10. The molecule has 0 spiro atoms. The van der Waals surface area contributed by atoms with E-state index in [9.17, 15) is 4.79 Å². The van der Waals surface area contributed by atoms with Gasteiger partial charge in [-0.1, -0.05) is 42.5 Å². The molecule has 1 N–H and O–H groups in total. The van der Waals surface area contributed by atoms with Gasteiger partial charge in [0.25, 0.3) is 5.91 Å². The molecule has 1 amide bonds. The molecular weight excluding hydrogens is 440 g/mol. The number of aromatic nitrogens is 2. The maximum absolute atomic E-state index is 13.0. The molecule has 6 rings (SSSR count). The Bertz CT molecular complexity index is 1390. The number of ether oxygens (including phenoxy) is 2. The van der Waals surface area contributed by atoms with E-state index in [1.807, 2.05) is 71.6 Å². The van der Waals surface area contributed by atoms with Crippen LogP contribution in [0.3, 0.4) is 0 Å². The van der Waals surface area contributed by atoms with Crippen molar-refractivity contribution in [1.29, 1.82) is 0 Å². The molecule has 3 aromatic carbocycles. The normalized spacial score (nSPS) is 15.8. The number of carbonyl (C=O) groups excluding carboxylic acids is 1. The molecular formula is C28H26N4O3. The Morgan fingerprint density at radius 1 is 0.914 bits per heavy atom. The third-order valence-electron chi connectivity index (χ3n) is 6.59. The second kappa shape index (κ2) is 9.27. The first-order valence-corrected chi connectivity index (χ1v) is 11.8. The largest absolute Gasteiger partial charge is 0.454 e. The van der Waals surface area contributed by atoms with E-state index in [2.05, 4.69) is 27.2 Å². The molecule has 7 heteroatoms. The summed E-state index contributed by atoms with van der Waals surface area (Å²) in [7, 11) is 0. The van der Waals surface area contributed by atoms with E-state index in [-0.39, 0.29) is 12.7 Å². The maximum atomic E-state index is 13.0. The highest BCUT2D eigenvalue weighted by Crippen LogP contribution is 2.33. The molecule has 176 valence electrons. The van der Waals surface area contributed by atoms with E-state index < -0.39 is 0 Å². The lowest BCUT2D eigenvalue weighted by atomic mass is 10.1. The molecule has 0 unspecified atom stereocenters. The van der Waals surface area contributed by atoms with E-state index in [0.29, 0.717) is 0 Å². The molecule has 0 atom stereocenters. The highest BCUT2D eigenvalue weighted by atomic mass is 16.7. The standard InChI is InChI=1S/C28H26N4O3/c33-28(32-15-13-31(14-16-32)18-21-8-12-26-27(17-21)35-19-34-26)22-9-5-20(6-10-22)7-11-25-23-3-1-2-4-24(23)29-30-25/h1-12,17H,13-16,18-19H2,(H,29,30)/b11-7+. The number of benzene rings is 3. The lowest BCUT2D eigenvalue weighted by molar-refractivity contribution is 0.0628. The van der Waals surface area contributed by atoms with Crippen LogP contribution in [0.5, 0.6) is 11.5 Å². The SMILES string of the molecule is O=C(c1ccc(/C=C/c2n[nH]c3ccccc23)cc1)N1CCN(Cc2ccc3c(c2)OCO3)CC1. The molecule has 0 aliphatic carbocycles. The summed E-state index contributed by atoms with van der Waals surface area (Å²) in [6.07, 6.45) is 4.01. The van der Waals surface area contributed by atoms with Crippen LogP contribution in [0.4, 0.5) is 0 Å². The van der Waals surface area contributed by atoms with Gasteiger partial charge in [-0.2, -0.15) is 5.10 Å². The molecule has 1 saturated heterocycles. The summed E-state index contributed by atoms with van der Waals surface area (Å²) in [6.45, 7) is 4.26. The number of hydrogen-bond donors (Lipinski definition) is 1. The van der Waals surface area contributed by atoms with Crippen molar-refractivity contribution in [3.8, 4) is 11.5 Å². The Morgan fingerprint density at radius 3 is 2.57 bits per heavy atom. The smallest absolute Gasteiger partial charge is 0.253 e. The van der Waals surface area contributed by atoms with Crippen molar-refractivity contribution in [3.63, 3.8) is 0 Å². The topological polar surface area (TPSA) is 70.7 Å². The molecule has 7 nitrogen and oxygen atoms in total. The first kappa shape index (κ1) is 21.4. The minimum absolute atomic E-state index is 0.0848. The Balaban J connectivity index is 1.04. The average Bonchev–Trinajstić information content (AvgIpc) is 3.54. The van der Waals surface area contributed by atoms with Crippen molar-refractivity contribution >= 4 is 29.0 Å². The van der Waals surface area contributed by atoms with Gasteiger partial charge in [0.1, 0.15) is 0 Å². The van der Waals surface area contributed by atoms with Gasteiger partial charge in [-0.25, -0.2) is 0 Å². The highest BCUT2D eigenvalue weighted by Gasteiger charge is 2.23. The van der Waals surface area contributed by atoms with Crippen molar-refractivity contribution in [3.05, 3.63) is 89.1 Å². The summed E-state index contributed by atoms with van der Waals surface area (Å²) in [6, 6.07) is 21.9. The summed E-state index contributed by atoms with van der Waals surface area (Å²) in [5, 5.41) is 8.51. The van der Waals surface area contributed by atoms with Gasteiger partial charge in [-0.3, -0.25) is 14.8 Å². The van der Waals surface area contributed by atoms with E-state index in [4.69, 9.17) is 9.47 Å². The quantitative estimate of drug-likeness (QED) is 0.472. The van der Waals surface area contributed by atoms with Crippen LogP contribution in [0.25, 0.3) is 23.1 Å². The third-order valence-corrected chi connectivity index (χ3v) is 6.59. The number of rotatable bonds is 5. The van der Waals surface area contributed by atoms with Crippen LogP contribution in [0.2, 0.25) is 0 Å². The minimum atomic E-state index is 0.0848. The van der Waals surface area contributed by atoms with Crippen LogP contribution in [-0.4, -0.2) is 58.9 Å². The zero-order chi connectivity index (χ0) is 23.6. The fourth-order valence-corrected chi connectivity index (χ4v) is 4.61. The molecule has 0 bridgehead atoms. The summed E-state index contributed by atoms with van der Waals surface area (Å²) >= 11 is 0. The first-order chi connectivity index (χ1) is 17.2. The van der Waals surface area contributed by atoms with Crippen molar-refractivity contribution in [2.45, 2.75) is 6.54 Å². The molecule has 2 aliphatic heterocycles. The average molecular weight is 467 g/mol. The first-order valence-electron chi connectivity index (χ1n) is 11.8. The fraction of sp³-hybridized carbons (Fsp3) is 0.214. The van der Waals surface area contributed by atoms with E-state index in [0.717, 1.165) is 71.9 Å². The van der Waals surface area contributed by atoms with Crippen molar-refractivity contribution in [1.82, 2.24) is 20.0 Å². The van der Waals surface area contributed by atoms with Gasteiger partial charge in [0, 0.05) is 43.7 Å². The third kappa shape index (κ3) is 4.50. The van der Waals surface area contributed by atoms with E-state index in [1.165, 1.54) is 5.56 Å². The molecule has 3 heterocycles. The zero-order valence-corrected chi connectivity index (χ0v) is 19.3. The number of aromatic amines is 1. The number of nitrogens with zero attached hydrogens (tertiary/aromatic N) is 3. The van der Waals surface area contributed by atoms with Gasteiger partial charge in [0.05, 0.1) is 11.2 Å². The lowest BCUT2D eigenvalue weighted by Gasteiger charge is -2.34. The molecule has 1 aromatic heterocycles. The van der Waals surface area contributed by atoms with Crippen molar-refractivity contribution < 1.29 is 14.3 Å². The van der Waals surface area contributed by atoms with Gasteiger partial charge < -0.3 is 14.4 Å². The number of amides is 1. The number of carbonyl (C=O) groups is 1. The van der Waals surface area contributed by atoms with Gasteiger partial charge in [0.15, 0.2) is 11.5 Å². The van der Waals surface area contributed by atoms with E-state index in [1.54, 1.807) is 0 Å². The molecule has 4 aromatic rings. The summed E-state index contributed by atoms with van der Waals surface area (Å²) in [5.74, 6) is 1.70. The fourth-order valence-electron chi connectivity index (χ4n) is 4.61. The molecule has 0 saturated carbocycles. The van der Waals surface area contributed by atoms with Gasteiger partial charge >= 0.3 is 0 Å². The minimum Gasteiger partial charge on any atom is -0.454 e. The van der Waals surface area contributed by atoms with Gasteiger partial charge in [0.2, 0.25) is 6.79 Å². The number of hydrogen-bond acceptors (Lipinski definition) is 5. The second-order valence-corrected chi connectivity index (χ2v) is 8.87. The van der Waals surface area contributed by atoms with Crippen LogP contribution in [0, 0.1) is 0 Å². The van der Waals surface area contributed by atoms with E-state index >= 15 is 0 Å². The Labute approximate surface area is 203 Å². The molecule has 0 radical (unpaired) electrons. The van der Waals surface area contributed by atoms with Gasteiger partial charge in [-0.05, 0) is 47.5 Å². The summed E-state index contributed by atoms with van der Waals surface area (Å²) < 4.78 is 10.9. The monoisotopic (exact) mass is 466 g/mol. The zero-order valence-electron chi connectivity index (χ0n) is 19.3. The van der Waals surface area contributed by atoms with Crippen LogP contribution in [0.15, 0.2) is 66.7 Å². The van der Waals surface area contributed by atoms with Crippen LogP contribution < -0.4 is 9.47 Å². The predicted molar refractivity (Wildman–Crippen MR) is 135 cm³/mol. The maximum Gasteiger partial charge on any atom is 0.253 e. The number of fused-ring (bicyclic) bond motifs is 2. The highest BCUT2D eigenvalue weighted by molar-refractivity contribution is 5.95.